The number of hydrogen-bond donors (Lipinski definition) is 0. The standard InChI is InChI=1S/C15H21NOS/c1-13-10-16(8-9-18-13)11-15(2,12-17)14-6-4-3-5-7-14/h3-7,12-13H,8-11H2,1-2H3. The van der Waals surface area contributed by atoms with Crippen LogP contribution in [0.1, 0.15) is 19.4 Å². The molecule has 0 saturated carbocycles. The number of aldehydes is 1. The summed E-state index contributed by atoms with van der Waals surface area (Å²) in [6.45, 7) is 7.30. The van der Waals surface area contributed by atoms with Crippen LogP contribution in [0.3, 0.4) is 0 Å². The van der Waals surface area contributed by atoms with E-state index in [4.69, 9.17) is 0 Å². The predicted octanol–water partition coefficient (Wildman–Crippen LogP) is 2.58. The molecule has 1 aromatic carbocycles. The van der Waals surface area contributed by atoms with Crippen molar-refractivity contribution in [2.24, 2.45) is 0 Å². The molecule has 2 unspecified atom stereocenters. The number of hydrogen-bond acceptors (Lipinski definition) is 3. The van der Waals surface area contributed by atoms with Crippen molar-refractivity contribution < 1.29 is 4.79 Å². The normalized spacial score (nSPS) is 24.4. The summed E-state index contributed by atoms with van der Waals surface area (Å²) in [6.07, 6.45) is 1.11. The largest absolute Gasteiger partial charge is 0.302 e. The van der Waals surface area contributed by atoms with E-state index in [-0.39, 0.29) is 5.41 Å². The molecule has 0 N–H and O–H groups in total. The molecule has 0 spiro atoms. The molecule has 2 rings (SSSR count). The quantitative estimate of drug-likeness (QED) is 0.779. The summed E-state index contributed by atoms with van der Waals surface area (Å²) in [5.41, 5.74) is 0.731. The minimum atomic E-state index is -0.386. The van der Waals surface area contributed by atoms with Gasteiger partial charge in [0.15, 0.2) is 0 Å². The fraction of sp³-hybridized carbons (Fsp3) is 0.533. The molecule has 3 heteroatoms. The highest BCUT2D eigenvalue weighted by molar-refractivity contribution is 7.99. The van der Waals surface area contributed by atoms with Gasteiger partial charge in [-0.15, -0.1) is 0 Å². The molecule has 2 nitrogen and oxygen atoms in total. The second-order valence-electron chi connectivity index (χ2n) is 5.32. The van der Waals surface area contributed by atoms with Crippen molar-refractivity contribution in [2.45, 2.75) is 24.5 Å². The minimum Gasteiger partial charge on any atom is -0.302 e. The summed E-state index contributed by atoms with van der Waals surface area (Å²) in [4.78, 5) is 14.0. The summed E-state index contributed by atoms with van der Waals surface area (Å²) in [5.74, 6) is 1.17. The van der Waals surface area contributed by atoms with Gasteiger partial charge in [-0.3, -0.25) is 0 Å². The van der Waals surface area contributed by atoms with E-state index >= 15 is 0 Å². The van der Waals surface area contributed by atoms with Gasteiger partial charge < -0.3 is 9.69 Å². The van der Waals surface area contributed by atoms with Gasteiger partial charge >= 0.3 is 0 Å². The Bertz CT molecular complexity index is 395. The SMILES string of the molecule is CC1CN(CC(C)(C=O)c2ccccc2)CCS1. The summed E-state index contributed by atoms with van der Waals surface area (Å²) >= 11 is 2.02. The maximum absolute atomic E-state index is 11.6. The number of nitrogens with zero attached hydrogens (tertiary/aromatic N) is 1. The third-order valence-corrected chi connectivity index (χ3v) is 4.71. The first kappa shape index (κ1) is 13.6. The Hall–Kier alpha value is -0.800. The van der Waals surface area contributed by atoms with E-state index in [0.717, 1.165) is 31.5 Å². The van der Waals surface area contributed by atoms with E-state index < -0.39 is 0 Å². The molecule has 1 fully saturated rings. The zero-order chi connectivity index (χ0) is 13.0. The van der Waals surface area contributed by atoms with Crippen molar-refractivity contribution in [3.05, 3.63) is 35.9 Å². The van der Waals surface area contributed by atoms with Crippen molar-refractivity contribution in [2.75, 3.05) is 25.4 Å². The molecule has 1 saturated heterocycles. The Morgan fingerprint density at radius 2 is 2.17 bits per heavy atom. The van der Waals surface area contributed by atoms with Crippen molar-refractivity contribution in [1.29, 1.82) is 0 Å². The highest BCUT2D eigenvalue weighted by atomic mass is 32.2. The highest BCUT2D eigenvalue weighted by Gasteiger charge is 2.30. The lowest BCUT2D eigenvalue weighted by atomic mass is 9.83. The molecule has 0 aromatic heterocycles. The Balaban J connectivity index is 2.11. The Morgan fingerprint density at radius 3 is 2.78 bits per heavy atom. The van der Waals surface area contributed by atoms with E-state index in [0.29, 0.717) is 5.25 Å². The maximum atomic E-state index is 11.6. The summed E-state index contributed by atoms with van der Waals surface area (Å²) < 4.78 is 0. The molecule has 0 bridgehead atoms. The van der Waals surface area contributed by atoms with Gasteiger partial charge in [-0.25, -0.2) is 0 Å². The van der Waals surface area contributed by atoms with Crippen molar-refractivity contribution in [3.8, 4) is 0 Å². The number of carbonyl (C=O) groups excluding carboxylic acids is 1. The minimum absolute atomic E-state index is 0.386. The fourth-order valence-corrected chi connectivity index (χ4v) is 3.60. The van der Waals surface area contributed by atoms with Gasteiger partial charge in [0, 0.05) is 30.6 Å². The smallest absolute Gasteiger partial charge is 0.131 e. The molecule has 1 aliphatic rings. The van der Waals surface area contributed by atoms with Gasteiger partial charge in [-0.05, 0) is 12.5 Å². The molecular weight excluding hydrogens is 242 g/mol. The molecule has 98 valence electrons. The number of thioether (sulfide) groups is 1. The van der Waals surface area contributed by atoms with Crippen molar-refractivity contribution in [3.63, 3.8) is 0 Å². The van der Waals surface area contributed by atoms with Gasteiger partial charge in [0.05, 0.1) is 5.41 Å². The van der Waals surface area contributed by atoms with Crippen molar-refractivity contribution in [1.82, 2.24) is 4.90 Å². The lowest BCUT2D eigenvalue weighted by molar-refractivity contribution is -0.112. The molecule has 0 aliphatic carbocycles. The molecule has 1 aromatic rings. The first-order chi connectivity index (χ1) is 8.64. The average Bonchev–Trinajstić information content (AvgIpc) is 2.39. The number of rotatable bonds is 4. The zero-order valence-electron chi connectivity index (χ0n) is 11.1. The first-order valence-electron chi connectivity index (χ1n) is 6.50. The topological polar surface area (TPSA) is 20.3 Å². The third-order valence-electron chi connectivity index (χ3n) is 3.57. The molecular formula is C15H21NOS. The van der Waals surface area contributed by atoms with Crippen LogP contribution in [0.5, 0.6) is 0 Å². The van der Waals surface area contributed by atoms with Gasteiger partial charge in [0.25, 0.3) is 0 Å². The second-order valence-corrected chi connectivity index (χ2v) is 6.86. The van der Waals surface area contributed by atoms with Crippen LogP contribution in [-0.2, 0) is 10.2 Å². The Labute approximate surface area is 114 Å². The molecule has 0 amide bonds. The van der Waals surface area contributed by atoms with Crippen LogP contribution in [0.2, 0.25) is 0 Å². The maximum Gasteiger partial charge on any atom is 0.131 e. The lowest BCUT2D eigenvalue weighted by Gasteiger charge is -2.36. The van der Waals surface area contributed by atoms with E-state index in [2.05, 4.69) is 24.0 Å². The van der Waals surface area contributed by atoms with Crippen molar-refractivity contribution >= 4 is 18.0 Å². The summed E-state index contributed by atoms with van der Waals surface area (Å²) in [7, 11) is 0. The monoisotopic (exact) mass is 263 g/mol. The first-order valence-corrected chi connectivity index (χ1v) is 7.55. The molecule has 2 atom stereocenters. The lowest BCUT2D eigenvalue weighted by Crippen LogP contribution is -2.45. The van der Waals surface area contributed by atoms with Crippen LogP contribution in [0, 0.1) is 0 Å². The number of carbonyl (C=O) groups is 1. The van der Waals surface area contributed by atoms with E-state index in [1.807, 2.05) is 36.9 Å². The average molecular weight is 263 g/mol. The van der Waals surface area contributed by atoms with Crippen LogP contribution in [-0.4, -0.2) is 41.8 Å². The van der Waals surface area contributed by atoms with E-state index in [1.165, 1.54) is 5.75 Å². The molecule has 18 heavy (non-hydrogen) atoms. The molecule has 1 aliphatic heterocycles. The van der Waals surface area contributed by atoms with Crippen LogP contribution >= 0.6 is 11.8 Å². The second kappa shape index (κ2) is 5.89. The Morgan fingerprint density at radius 1 is 1.44 bits per heavy atom. The van der Waals surface area contributed by atoms with E-state index in [9.17, 15) is 4.79 Å². The summed E-state index contributed by atoms with van der Waals surface area (Å²) in [6, 6.07) is 10.1. The third kappa shape index (κ3) is 3.15. The van der Waals surface area contributed by atoms with Gasteiger partial charge in [-0.1, -0.05) is 37.3 Å². The van der Waals surface area contributed by atoms with Crippen LogP contribution in [0.15, 0.2) is 30.3 Å². The molecule has 0 radical (unpaired) electrons. The molecule has 1 heterocycles. The van der Waals surface area contributed by atoms with Crippen LogP contribution in [0.4, 0.5) is 0 Å². The van der Waals surface area contributed by atoms with Gasteiger partial charge in [0.2, 0.25) is 0 Å². The van der Waals surface area contributed by atoms with Crippen LogP contribution < -0.4 is 0 Å². The van der Waals surface area contributed by atoms with E-state index in [1.54, 1.807) is 0 Å². The van der Waals surface area contributed by atoms with Gasteiger partial charge in [0.1, 0.15) is 6.29 Å². The highest BCUT2D eigenvalue weighted by Crippen LogP contribution is 2.25. The predicted molar refractivity (Wildman–Crippen MR) is 78.2 cm³/mol. The Kier molecular flexibility index (Phi) is 4.46. The number of benzene rings is 1. The summed E-state index contributed by atoms with van der Waals surface area (Å²) in [5, 5.41) is 0.672. The fourth-order valence-electron chi connectivity index (χ4n) is 2.51. The zero-order valence-corrected chi connectivity index (χ0v) is 12.0. The van der Waals surface area contributed by atoms with Crippen LogP contribution in [0.25, 0.3) is 0 Å². The van der Waals surface area contributed by atoms with Gasteiger partial charge in [-0.2, -0.15) is 11.8 Å².